The first-order chi connectivity index (χ1) is 8.02. The van der Waals surface area contributed by atoms with Crippen LogP contribution in [0.5, 0.6) is 0 Å². The van der Waals surface area contributed by atoms with Gasteiger partial charge in [0.05, 0.1) is 6.61 Å². The summed E-state index contributed by atoms with van der Waals surface area (Å²) in [6, 6.07) is 0.226. The lowest BCUT2D eigenvalue weighted by Gasteiger charge is -2.22. The van der Waals surface area contributed by atoms with Gasteiger partial charge in [-0.15, -0.1) is 10.2 Å². The largest absolute Gasteiger partial charge is 0.460 e. The molecule has 17 heavy (non-hydrogen) atoms. The molecule has 0 saturated carbocycles. The van der Waals surface area contributed by atoms with E-state index in [4.69, 9.17) is 4.74 Å². The average Bonchev–Trinajstić information content (AvgIpc) is 2.62. The number of hydrogen-bond donors (Lipinski definition) is 0. The van der Waals surface area contributed by atoms with Crippen molar-refractivity contribution in [3.63, 3.8) is 0 Å². The Morgan fingerprint density at radius 1 is 1.35 bits per heavy atom. The summed E-state index contributed by atoms with van der Waals surface area (Å²) >= 11 is 0. The van der Waals surface area contributed by atoms with Crippen LogP contribution in [0, 0.1) is 12.8 Å². The second-order valence-corrected chi connectivity index (χ2v) is 4.38. The number of nitrogens with zero attached hydrogens (tertiary/aromatic N) is 3. The van der Waals surface area contributed by atoms with Crippen LogP contribution in [-0.2, 0) is 4.74 Å². The molecule has 0 radical (unpaired) electrons. The molecule has 1 heterocycles. The summed E-state index contributed by atoms with van der Waals surface area (Å²) in [5.41, 5.74) is 0. The maximum atomic E-state index is 11.8. The molecule has 1 rings (SSSR count). The van der Waals surface area contributed by atoms with Crippen molar-refractivity contribution in [2.24, 2.45) is 5.92 Å². The Labute approximate surface area is 102 Å². The van der Waals surface area contributed by atoms with Crippen LogP contribution in [0.4, 0.5) is 0 Å². The number of aromatic nitrogens is 3. The van der Waals surface area contributed by atoms with E-state index in [1.165, 1.54) is 0 Å². The molecule has 5 heteroatoms. The van der Waals surface area contributed by atoms with Crippen LogP contribution in [-0.4, -0.2) is 27.3 Å². The molecule has 0 N–H and O–H groups in total. The lowest BCUT2D eigenvalue weighted by molar-refractivity contribution is 0.0500. The molecule has 1 unspecified atom stereocenters. The van der Waals surface area contributed by atoms with Gasteiger partial charge in [-0.3, -0.25) is 0 Å². The SMILES string of the molecule is CCOC(=O)c1nnc(C)n1C(CC)C(C)C. The Kier molecular flexibility index (Phi) is 4.66. The van der Waals surface area contributed by atoms with Crippen LogP contribution in [0.15, 0.2) is 0 Å². The van der Waals surface area contributed by atoms with E-state index in [9.17, 15) is 4.79 Å². The van der Waals surface area contributed by atoms with E-state index >= 15 is 0 Å². The summed E-state index contributed by atoms with van der Waals surface area (Å²) in [7, 11) is 0. The molecule has 0 aliphatic rings. The maximum absolute atomic E-state index is 11.8. The zero-order valence-corrected chi connectivity index (χ0v) is 11.2. The van der Waals surface area contributed by atoms with Crippen molar-refractivity contribution >= 4 is 5.97 Å². The first-order valence-electron chi connectivity index (χ1n) is 6.11. The molecule has 0 aliphatic heterocycles. The number of ether oxygens (including phenoxy) is 1. The van der Waals surface area contributed by atoms with Gasteiger partial charge in [-0.1, -0.05) is 20.8 Å². The summed E-state index contributed by atoms with van der Waals surface area (Å²) in [5, 5.41) is 7.91. The van der Waals surface area contributed by atoms with Gasteiger partial charge in [-0.2, -0.15) is 0 Å². The van der Waals surface area contributed by atoms with E-state index in [2.05, 4.69) is 31.0 Å². The Morgan fingerprint density at radius 3 is 2.47 bits per heavy atom. The molecule has 5 nitrogen and oxygen atoms in total. The second-order valence-electron chi connectivity index (χ2n) is 4.38. The third kappa shape index (κ3) is 2.84. The van der Waals surface area contributed by atoms with Crippen molar-refractivity contribution < 1.29 is 9.53 Å². The van der Waals surface area contributed by atoms with Gasteiger partial charge < -0.3 is 9.30 Å². The monoisotopic (exact) mass is 239 g/mol. The third-order valence-electron chi connectivity index (χ3n) is 2.84. The van der Waals surface area contributed by atoms with E-state index in [1.54, 1.807) is 6.92 Å². The second kappa shape index (κ2) is 5.80. The maximum Gasteiger partial charge on any atom is 0.376 e. The van der Waals surface area contributed by atoms with Gasteiger partial charge in [0.25, 0.3) is 0 Å². The summed E-state index contributed by atoms with van der Waals surface area (Å²) in [4.78, 5) is 11.8. The fraction of sp³-hybridized carbons (Fsp3) is 0.750. The van der Waals surface area contributed by atoms with Gasteiger partial charge in [0.1, 0.15) is 5.82 Å². The number of carbonyl (C=O) groups excluding carboxylic acids is 1. The summed E-state index contributed by atoms with van der Waals surface area (Å²) < 4.78 is 6.89. The van der Waals surface area contributed by atoms with E-state index in [0.717, 1.165) is 12.2 Å². The molecule has 1 atom stereocenters. The van der Waals surface area contributed by atoms with Crippen molar-refractivity contribution in [2.45, 2.75) is 47.1 Å². The molecule has 1 aromatic rings. The Bertz CT molecular complexity index is 385. The molecule has 0 aliphatic carbocycles. The van der Waals surface area contributed by atoms with Gasteiger partial charge in [0.2, 0.25) is 5.82 Å². The topological polar surface area (TPSA) is 57.0 Å². The van der Waals surface area contributed by atoms with Crippen LogP contribution in [0.1, 0.15) is 56.6 Å². The van der Waals surface area contributed by atoms with Crippen LogP contribution >= 0.6 is 0 Å². The number of hydrogen-bond acceptors (Lipinski definition) is 4. The zero-order chi connectivity index (χ0) is 13.0. The van der Waals surface area contributed by atoms with Crippen molar-refractivity contribution in [2.75, 3.05) is 6.61 Å². The molecule has 0 amide bonds. The normalized spacial score (nSPS) is 12.8. The van der Waals surface area contributed by atoms with E-state index in [0.29, 0.717) is 18.3 Å². The highest BCUT2D eigenvalue weighted by Gasteiger charge is 2.24. The molecular weight excluding hydrogens is 218 g/mol. The van der Waals surface area contributed by atoms with E-state index in [1.807, 2.05) is 11.5 Å². The van der Waals surface area contributed by atoms with Gasteiger partial charge >= 0.3 is 5.97 Å². The predicted octanol–water partition coefficient (Wildman–Crippen LogP) is 2.37. The average molecular weight is 239 g/mol. The van der Waals surface area contributed by atoms with Crippen molar-refractivity contribution in [3.05, 3.63) is 11.6 Å². The Morgan fingerprint density at radius 2 is 2.00 bits per heavy atom. The summed E-state index contributed by atoms with van der Waals surface area (Å²) in [6.07, 6.45) is 0.933. The molecule has 0 spiro atoms. The van der Waals surface area contributed by atoms with Crippen molar-refractivity contribution in [1.29, 1.82) is 0 Å². The quantitative estimate of drug-likeness (QED) is 0.740. The predicted molar refractivity (Wildman–Crippen MR) is 64.9 cm³/mol. The minimum Gasteiger partial charge on any atom is -0.460 e. The van der Waals surface area contributed by atoms with Crippen molar-refractivity contribution in [3.8, 4) is 0 Å². The van der Waals surface area contributed by atoms with E-state index < -0.39 is 5.97 Å². The van der Waals surface area contributed by atoms with Crippen LogP contribution in [0.25, 0.3) is 0 Å². The first-order valence-corrected chi connectivity index (χ1v) is 6.11. The molecule has 1 aromatic heterocycles. The minimum atomic E-state index is -0.396. The molecule has 0 saturated heterocycles. The number of esters is 1. The summed E-state index contributed by atoms with van der Waals surface area (Å²) in [5.74, 6) is 1.09. The zero-order valence-electron chi connectivity index (χ0n) is 11.2. The Balaban J connectivity index is 3.13. The number of carbonyl (C=O) groups is 1. The van der Waals surface area contributed by atoms with E-state index in [-0.39, 0.29) is 6.04 Å². The fourth-order valence-electron chi connectivity index (χ4n) is 2.05. The van der Waals surface area contributed by atoms with Crippen LogP contribution < -0.4 is 0 Å². The Hall–Kier alpha value is -1.39. The lowest BCUT2D eigenvalue weighted by Crippen LogP contribution is -2.22. The molecular formula is C12H21N3O2. The van der Waals surface area contributed by atoms with Crippen LogP contribution in [0.3, 0.4) is 0 Å². The number of aryl methyl sites for hydroxylation is 1. The third-order valence-corrected chi connectivity index (χ3v) is 2.84. The highest BCUT2D eigenvalue weighted by molar-refractivity contribution is 5.85. The van der Waals surface area contributed by atoms with Gasteiger partial charge in [0, 0.05) is 6.04 Å². The molecule has 0 aromatic carbocycles. The van der Waals surface area contributed by atoms with Crippen LogP contribution in [0.2, 0.25) is 0 Å². The molecule has 0 fully saturated rings. The number of rotatable bonds is 5. The smallest absolute Gasteiger partial charge is 0.376 e. The summed E-state index contributed by atoms with van der Waals surface area (Å²) in [6.45, 7) is 10.3. The highest BCUT2D eigenvalue weighted by atomic mass is 16.5. The molecule has 0 bridgehead atoms. The standard InChI is InChI=1S/C12H21N3O2/c1-6-10(8(3)4)15-9(5)13-14-11(15)12(16)17-7-2/h8,10H,6-7H2,1-5H3. The van der Waals surface area contributed by atoms with Gasteiger partial charge in [-0.05, 0) is 26.2 Å². The molecule has 96 valence electrons. The van der Waals surface area contributed by atoms with Gasteiger partial charge in [0.15, 0.2) is 0 Å². The first kappa shape index (κ1) is 13.7. The fourth-order valence-corrected chi connectivity index (χ4v) is 2.05. The minimum absolute atomic E-state index is 0.226. The van der Waals surface area contributed by atoms with Gasteiger partial charge in [-0.25, -0.2) is 4.79 Å². The lowest BCUT2D eigenvalue weighted by atomic mass is 10.0. The highest BCUT2D eigenvalue weighted by Crippen LogP contribution is 2.24. The van der Waals surface area contributed by atoms with Crippen molar-refractivity contribution in [1.82, 2.24) is 14.8 Å².